The van der Waals surface area contributed by atoms with Crippen LogP contribution in [0, 0.1) is 0 Å². The van der Waals surface area contributed by atoms with Crippen LogP contribution in [0.25, 0.3) is 22.1 Å². The summed E-state index contributed by atoms with van der Waals surface area (Å²) in [5, 5.41) is 0.884. The molecule has 2 heterocycles. The lowest BCUT2D eigenvalue weighted by molar-refractivity contribution is 0.415. The summed E-state index contributed by atoms with van der Waals surface area (Å²) >= 11 is 1.66. The Morgan fingerprint density at radius 3 is 2.92 bits per heavy atom. The lowest BCUT2D eigenvalue weighted by Crippen LogP contribution is -2.17. The first-order valence-electron chi connectivity index (χ1n) is 8.09. The van der Waals surface area contributed by atoms with Crippen LogP contribution < -0.4 is 10.4 Å². The molecule has 0 saturated heterocycles. The number of ether oxygens (including phenoxy) is 1. The van der Waals surface area contributed by atoms with Crippen LogP contribution in [0.5, 0.6) is 5.75 Å². The van der Waals surface area contributed by atoms with Crippen molar-refractivity contribution < 1.29 is 4.74 Å². The van der Waals surface area contributed by atoms with Gasteiger partial charge in [-0.15, -0.1) is 0 Å². The third kappa shape index (κ3) is 3.15. The number of rotatable bonds is 6. The Kier molecular flexibility index (Phi) is 4.23. The minimum atomic E-state index is -0.0537. The van der Waals surface area contributed by atoms with Gasteiger partial charge in [-0.25, -0.2) is 9.78 Å². The van der Waals surface area contributed by atoms with Crippen molar-refractivity contribution in [1.29, 1.82) is 0 Å². The number of hydrogen-bond donors (Lipinski definition) is 2. The summed E-state index contributed by atoms with van der Waals surface area (Å²) in [6.45, 7) is 0.684. The fourth-order valence-corrected chi connectivity index (χ4v) is 3.69. The van der Waals surface area contributed by atoms with E-state index < -0.39 is 0 Å². The lowest BCUT2D eigenvalue weighted by Gasteiger charge is -2.02. The fraction of sp³-hybridized carbons (Fsp3) is 0.222. The summed E-state index contributed by atoms with van der Waals surface area (Å²) < 4.78 is 7.02. The van der Waals surface area contributed by atoms with E-state index >= 15 is 0 Å². The van der Waals surface area contributed by atoms with Crippen molar-refractivity contribution in [3.8, 4) is 5.75 Å². The summed E-state index contributed by atoms with van der Waals surface area (Å²) in [5.74, 6) is 1.69. The summed E-state index contributed by atoms with van der Waals surface area (Å²) in [5.41, 5.74) is 3.67. The van der Waals surface area contributed by atoms with E-state index in [1.807, 2.05) is 42.5 Å². The molecule has 2 aromatic carbocycles. The number of nitrogens with zero attached hydrogens (tertiary/aromatic N) is 2. The minimum Gasteiger partial charge on any atom is -0.497 e. The highest BCUT2D eigenvalue weighted by atomic mass is 32.2. The average molecular weight is 354 g/mol. The molecule has 0 bridgehead atoms. The number of aryl methyl sites for hydroxylation is 1. The first-order chi connectivity index (χ1) is 12.2. The van der Waals surface area contributed by atoms with Gasteiger partial charge in [0.1, 0.15) is 5.75 Å². The highest BCUT2D eigenvalue weighted by Crippen LogP contribution is 2.23. The molecule has 0 amide bonds. The number of aromatic amines is 2. The SMILES string of the molecule is COc1ccc2nc(SCCCn3c(=O)[nH]c4ccccc43)[nH]c2c1. The van der Waals surface area contributed by atoms with Crippen molar-refractivity contribution in [1.82, 2.24) is 19.5 Å². The zero-order chi connectivity index (χ0) is 17.2. The van der Waals surface area contributed by atoms with Crippen LogP contribution >= 0.6 is 11.8 Å². The molecular weight excluding hydrogens is 336 g/mol. The normalized spacial score (nSPS) is 11.4. The van der Waals surface area contributed by atoms with E-state index in [2.05, 4.69) is 15.0 Å². The van der Waals surface area contributed by atoms with Gasteiger partial charge in [0.05, 0.1) is 29.2 Å². The van der Waals surface area contributed by atoms with Crippen LogP contribution in [0.4, 0.5) is 0 Å². The van der Waals surface area contributed by atoms with Gasteiger partial charge in [0.2, 0.25) is 0 Å². The van der Waals surface area contributed by atoms with Crippen LogP contribution in [0.15, 0.2) is 52.4 Å². The summed E-state index contributed by atoms with van der Waals surface area (Å²) in [4.78, 5) is 22.8. The number of methoxy groups -OCH3 is 1. The maximum absolute atomic E-state index is 12.1. The topological polar surface area (TPSA) is 75.7 Å². The molecule has 0 aliphatic heterocycles. The lowest BCUT2D eigenvalue weighted by atomic mass is 10.3. The molecule has 128 valence electrons. The molecule has 25 heavy (non-hydrogen) atoms. The van der Waals surface area contributed by atoms with Gasteiger partial charge in [0.15, 0.2) is 5.16 Å². The minimum absolute atomic E-state index is 0.0537. The molecule has 7 heteroatoms. The highest BCUT2D eigenvalue weighted by molar-refractivity contribution is 7.99. The number of hydrogen-bond acceptors (Lipinski definition) is 4. The zero-order valence-corrected chi connectivity index (χ0v) is 14.6. The van der Waals surface area contributed by atoms with Gasteiger partial charge < -0.3 is 14.7 Å². The summed E-state index contributed by atoms with van der Waals surface area (Å²) in [6.07, 6.45) is 0.882. The second-order valence-electron chi connectivity index (χ2n) is 5.73. The molecule has 0 unspecified atom stereocenters. The van der Waals surface area contributed by atoms with E-state index in [-0.39, 0.29) is 5.69 Å². The van der Waals surface area contributed by atoms with Crippen molar-refractivity contribution in [2.75, 3.05) is 12.9 Å². The molecule has 0 aliphatic rings. The van der Waals surface area contributed by atoms with Crippen LogP contribution in [0.3, 0.4) is 0 Å². The Morgan fingerprint density at radius 2 is 2.04 bits per heavy atom. The van der Waals surface area contributed by atoms with Crippen molar-refractivity contribution in [3.63, 3.8) is 0 Å². The molecular formula is C18H18N4O2S. The van der Waals surface area contributed by atoms with Gasteiger partial charge in [-0.1, -0.05) is 23.9 Å². The first-order valence-corrected chi connectivity index (χ1v) is 9.07. The van der Waals surface area contributed by atoms with Crippen LogP contribution in [-0.2, 0) is 6.54 Å². The van der Waals surface area contributed by atoms with Crippen LogP contribution in [0.1, 0.15) is 6.42 Å². The maximum atomic E-state index is 12.1. The number of benzene rings is 2. The number of para-hydroxylation sites is 2. The van der Waals surface area contributed by atoms with E-state index in [1.54, 1.807) is 23.4 Å². The largest absolute Gasteiger partial charge is 0.497 e. The highest BCUT2D eigenvalue weighted by Gasteiger charge is 2.07. The molecule has 0 aliphatic carbocycles. The standard InChI is InChI=1S/C18H18N4O2S/c1-24-12-7-8-13-15(11-12)20-17(19-13)25-10-4-9-22-16-6-3-2-5-14(16)21-18(22)23/h2-3,5-8,11H,4,9-10H2,1H3,(H,19,20)(H,21,23). The van der Waals surface area contributed by atoms with Crippen molar-refractivity contribution in [2.45, 2.75) is 18.1 Å². The monoisotopic (exact) mass is 354 g/mol. The predicted octanol–water partition coefficient (Wildman–Crippen LogP) is 3.40. The number of aromatic nitrogens is 4. The average Bonchev–Trinajstić information content (AvgIpc) is 3.18. The molecule has 6 nitrogen and oxygen atoms in total. The van der Waals surface area contributed by atoms with E-state index in [9.17, 15) is 4.79 Å². The van der Waals surface area contributed by atoms with Crippen molar-refractivity contribution in [2.24, 2.45) is 0 Å². The van der Waals surface area contributed by atoms with Gasteiger partial charge in [-0.2, -0.15) is 0 Å². The third-order valence-electron chi connectivity index (χ3n) is 4.11. The van der Waals surface area contributed by atoms with Crippen molar-refractivity contribution >= 4 is 33.8 Å². The van der Waals surface area contributed by atoms with E-state index in [0.29, 0.717) is 6.54 Å². The van der Waals surface area contributed by atoms with Gasteiger partial charge in [-0.3, -0.25) is 4.57 Å². The third-order valence-corrected chi connectivity index (χ3v) is 5.07. The van der Waals surface area contributed by atoms with Crippen molar-refractivity contribution in [3.05, 3.63) is 52.9 Å². The van der Waals surface area contributed by atoms with Crippen LogP contribution in [0.2, 0.25) is 0 Å². The molecule has 0 spiro atoms. The molecule has 0 fully saturated rings. The second kappa shape index (κ2) is 6.68. The fourth-order valence-electron chi connectivity index (χ4n) is 2.88. The quantitative estimate of drug-likeness (QED) is 0.411. The molecule has 0 radical (unpaired) electrons. The second-order valence-corrected chi connectivity index (χ2v) is 6.81. The van der Waals surface area contributed by atoms with E-state index in [1.165, 1.54) is 0 Å². The Labute approximate surface area is 148 Å². The van der Waals surface area contributed by atoms with Gasteiger partial charge in [0.25, 0.3) is 0 Å². The molecule has 0 saturated carbocycles. The number of H-pyrrole nitrogens is 2. The summed E-state index contributed by atoms with van der Waals surface area (Å²) in [7, 11) is 1.65. The van der Waals surface area contributed by atoms with Gasteiger partial charge >= 0.3 is 5.69 Å². The molecule has 0 atom stereocenters. The zero-order valence-electron chi connectivity index (χ0n) is 13.8. The van der Waals surface area contributed by atoms with E-state index in [4.69, 9.17) is 4.74 Å². The Bertz CT molecular complexity index is 1080. The van der Waals surface area contributed by atoms with Gasteiger partial charge in [0, 0.05) is 18.4 Å². The Morgan fingerprint density at radius 1 is 1.16 bits per heavy atom. The van der Waals surface area contributed by atoms with E-state index in [0.717, 1.165) is 45.1 Å². The smallest absolute Gasteiger partial charge is 0.326 e. The molecule has 2 N–H and O–H groups in total. The molecule has 4 rings (SSSR count). The van der Waals surface area contributed by atoms with Crippen LogP contribution in [-0.4, -0.2) is 32.4 Å². The Hall–Kier alpha value is -2.67. The molecule has 2 aromatic heterocycles. The predicted molar refractivity (Wildman–Crippen MR) is 101 cm³/mol. The summed E-state index contributed by atoms with van der Waals surface area (Å²) in [6, 6.07) is 13.6. The van der Waals surface area contributed by atoms with Gasteiger partial charge in [-0.05, 0) is 30.7 Å². The Balaban J connectivity index is 1.41. The first kappa shape index (κ1) is 15.8. The number of nitrogens with one attached hydrogen (secondary N) is 2. The molecule has 4 aromatic rings. The number of fused-ring (bicyclic) bond motifs is 2. The number of thioether (sulfide) groups is 1. The number of imidazole rings is 2. The maximum Gasteiger partial charge on any atom is 0.326 e.